The summed E-state index contributed by atoms with van der Waals surface area (Å²) in [7, 11) is 0. The highest BCUT2D eigenvalue weighted by Gasteiger charge is 2.36. The molecule has 0 amide bonds. The fourth-order valence-electron chi connectivity index (χ4n) is 9.13. The van der Waals surface area contributed by atoms with Crippen molar-refractivity contribution in [3.63, 3.8) is 0 Å². The van der Waals surface area contributed by atoms with E-state index in [0.29, 0.717) is 0 Å². The van der Waals surface area contributed by atoms with Crippen LogP contribution < -0.4 is 0 Å². The number of benzene rings is 7. The van der Waals surface area contributed by atoms with Gasteiger partial charge in [-0.05, 0) is 131 Å². The van der Waals surface area contributed by atoms with Gasteiger partial charge < -0.3 is 0 Å². The van der Waals surface area contributed by atoms with Gasteiger partial charge in [0.1, 0.15) is 5.01 Å². The molecular formula is C46H31NS. The van der Waals surface area contributed by atoms with Crippen molar-refractivity contribution in [3.8, 4) is 32.8 Å². The largest absolute Gasteiger partial charge is 0.236 e. The molecule has 1 nitrogen and oxygen atoms in total. The van der Waals surface area contributed by atoms with E-state index in [1.54, 1.807) is 11.3 Å². The molecule has 3 aliphatic rings. The standard InChI is InChI=1S/C46H31NS/c1-46(2)37-18-6-5-14-29(37)33-24-35-36(25-38(33)46)43(30-15-3-4-16-31(30)44(35)45-47-39-19-7-8-20-40(39)48-45)34-23-28-13-9-11-26-21-22-27-12-10-17-32(34)42(27)41(26)28/h3-10,12-21,23-25H,11,22H2,1-2H3. The van der Waals surface area contributed by atoms with Gasteiger partial charge in [0.05, 0.1) is 10.2 Å². The van der Waals surface area contributed by atoms with Gasteiger partial charge in [-0.15, -0.1) is 11.3 Å². The Kier molecular flexibility index (Phi) is 5.23. The van der Waals surface area contributed by atoms with Gasteiger partial charge in [-0.3, -0.25) is 0 Å². The van der Waals surface area contributed by atoms with Crippen LogP contribution in [0.3, 0.4) is 0 Å². The minimum absolute atomic E-state index is 0.104. The van der Waals surface area contributed by atoms with Gasteiger partial charge in [0.15, 0.2) is 0 Å². The minimum atomic E-state index is -0.104. The first kappa shape index (κ1) is 26.7. The Balaban J connectivity index is 1.35. The normalized spacial score (nSPS) is 15.3. The summed E-state index contributed by atoms with van der Waals surface area (Å²) in [5, 5.41) is 9.00. The van der Waals surface area contributed by atoms with E-state index in [2.05, 4.69) is 141 Å². The molecule has 0 unspecified atom stereocenters. The Morgan fingerprint density at radius 2 is 1.38 bits per heavy atom. The molecule has 0 atom stereocenters. The van der Waals surface area contributed by atoms with Crippen molar-refractivity contribution >= 4 is 65.5 Å². The number of hydrogen-bond acceptors (Lipinski definition) is 2. The first-order valence-corrected chi connectivity index (χ1v) is 17.8. The first-order chi connectivity index (χ1) is 23.6. The van der Waals surface area contributed by atoms with Crippen LogP contribution in [0.2, 0.25) is 0 Å². The van der Waals surface area contributed by atoms with Crippen LogP contribution in [0.15, 0.2) is 121 Å². The molecule has 0 saturated heterocycles. The average Bonchev–Trinajstić information content (AvgIpc) is 3.65. The van der Waals surface area contributed by atoms with Gasteiger partial charge in [-0.1, -0.05) is 111 Å². The predicted molar refractivity (Wildman–Crippen MR) is 206 cm³/mol. The number of para-hydroxylation sites is 1. The smallest absolute Gasteiger partial charge is 0.125 e. The molecule has 0 bridgehead atoms. The maximum atomic E-state index is 5.29. The van der Waals surface area contributed by atoms with Crippen LogP contribution in [0.4, 0.5) is 0 Å². The number of thiazole rings is 1. The average molecular weight is 630 g/mol. The number of hydrogen-bond donors (Lipinski definition) is 0. The fourth-order valence-corrected chi connectivity index (χ4v) is 10.2. The predicted octanol–water partition coefficient (Wildman–Crippen LogP) is 12.8. The van der Waals surface area contributed by atoms with Crippen molar-refractivity contribution in [3.05, 3.63) is 149 Å². The minimum Gasteiger partial charge on any atom is -0.236 e. The van der Waals surface area contributed by atoms with Gasteiger partial charge in [0.2, 0.25) is 0 Å². The lowest BCUT2D eigenvalue weighted by atomic mass is 9.77. The fraction of sp³-hybridized carbons (Fsp3) is 0.109. The van der Waals surface area contributed by atoms with Gasteiger partial charge in [0, 0.05) is 11.0 Å². The Labute approximate surface area is 283 Å². The van der Waals surface area contributed by atoms with Crippen molar-refractivity contribution in [2.75, 3.05) is 0 Å². The van der Waals surface area contributed by atoms with E-state index >= 15 is 0 Å². The first-order valence-electron chi connectivity index (χ1n) is 17.0. The molecule has 8 aromatic rings. The maximum Gasteiger partial charge on any atom is 0.125 e. The monoisotopic (exact) mass is 629 g/mol. The highest BCUT2D eigenvalue weighted by molar-refractivity contribution is 7.21. The van der Waals surface area contributed by atoms with E-state index in [0.717, 1.165) is 23.4 Å². The Morgan fingerprint density at radius 1 is 0.604 bits per heavy atom. The van der Waals surface area contributed by atoms with Crippen molar-refractivity contribution in [1.29, 1.82) is 0 Å². The molecule has 7 aromatic carbocycles. The van der Waals surface area contributed by atoms with E-state index < -0.39 is 0 Å². The third-order valence-electron chi connectivity index (χ3n) is 11.3. The van der Waals surface area contributed by atoms with E-state index in [1.165, 1.54) is 98.2 Å². The summed E-state index contributed by atoms with van der Waals surface area (Å²) >= 11 is 1.80. The summed E-state index contributed by atoms with van der Waals surface area (Å²) in [6.07, 6.45) is 9.16. The Hall–Kier alpha value is -5.31. The zero-order valence-corrected chi connectivity index (χ0v) is 27.7. The van der Waals surface area contributed by atoms with Crippen LogP contribution in [0.5, 0.6) is 0 Å². The lowest BCUT2D eigenvalue weighted by molar-refractivity contribution is 0.661. The number of nitrogens with zero attached hydrogens (tertiary/aromatic N) is 1. The van der Waals surface area contributed by atoms with Crippen LogP contribution in [0, 0.1) is 0 Å². The lowest BCUT2D eigenvalue weighted by Crippen LogP contribution is -2.14. The molecule has 11 rings (SSSR count). The number of fused-ring (bicyclic) bond motifs is 6. The molecule has 48 heavy (non-hydrogen) atoms. The molecule has 0 N–H and O–H groups in total. The van der Waals surface area contributed by atoms with Gasteiger partial charge in [0.25, 0.3) is 0 Å². The molecule has 0 radical (unpaired) electrons. The van der Waals surface area contributed by atoms with Crippen LogP contribution in [0.25, 0.3) is 87.0 Å². The zero-order chi connectivity index (χ0) is 31.7. The Bertz CT molecular complexity index is 2770. The van der Waals surface area contributed by atoms with Crippen molar-refractivity contribution in [2.24, 2.45) is 0 Å². The summed E-state index contributed by atoms with van der Waals surface area (Å²) in [6.45, 7) is 4.79. The van der Waals surface area contributed by atoms with Gasteiger partial charge in [-0.2, -0.15) is 0 Å². The van der Waals surface area contributed by atoms with Crippen LogP contribution >= 0.6 is 11.3 Å². The second-order valence-corrected chi connectivity index (χ2v) is 15.2. The number of rotatable bonds is 2. The SMILES string of the molecule is CC1(C)c2ccccc2-c2cc3c(-c4nc5ccccc5s4)c4ccccc4c(-c4cc5c6c7c(cccc47)CC=C6CC=C5)c3cc21. The third-order valence-corrected chi connectivity index (χ3v) is 12.4. The van der Waals surface area contributed by atoms with Crippen molar-refractivity contribution in [2.45, 2.75) is 32.1 Å². The molecule has 1 heterocycles. The molecule has 1 aromatic heterocycles. The molecule has 3 aliphatic carbocycles. The molecule has 0 spiro atoms. The number of aromatic nitrogens is 1. The molecule has 2 heteroatoms. The third kappa shape index (κ3) is 3.43. The lowest BCUT2D eigenvalue weighted by Gasteiger charge is -2.27. The molecular weight excluding hydrogens is 599 g/mol. The maximum absolute atomic E-state index is 5.29. The van der Waals surface area contributed by atoms with E-state index in [4.69, 9.17) is 4.98 Å². The second kappa shape index (κ2) is 9.40. The molecule has 0 fully saturated rings. The van der Waals surface area contributed by atoms with Crippen LogP contribution in [0.1, 0.15) is 48.1 Å². The molecule has 0 saturated carbocycles. The number of allylic oxidation sites excluding steroid dienone is 3. The van der Waals surface area contributed by atoms with Gasteiger partial charge >= 0.3 is 0 Å². The quantitative estimate of drug-likeness (QED) is 0.173. The second-order valence-electron chi connectivity index (χ2n) is 14.2. The summed E-state index contributed by atoms with van der Waals surface area (Å²) in [5.41, 5.74) is 16.0. The van der Waals surface area contributed by atoms with E-state index in [9.17, 15) is 0 Å². The molecule has 0 aliphatic heterocycles. The summed E-state index contributed by atoms with van der Waals surface area (Å²) in [6, 6.07) is 41.1. The van der Waals surface area contributed by atoms with Crippen molar-refractivity contribution in [1.82, 2.24) is 4.98 Å². The highest BCUT2D eigenvalue weighted by Crippen LogP contribution is 2.55. The van der Waals surface area contributed by atoms with E-state index in [-0.39, 0.29) is 5.41 Å². The van der Waals surface area contributed by atoms with Gasteiger partial charge in [-0.25, -0.2) is 4.98 Å². The van der Waals surface area contributed by atoms with Crippen molar-refractivity contribution < 1.29 is 0 Å². The topological polar surface area (TPSA) is 12.9 Å². The van der Waals surface area contributed by atoms with Crippen LogP contribution in [-0.2, 0) is 11.8 Å². The zero-order valence-electron chi connectivity index (χ0n) is 26.9. The summed E-state index contributed by atoms with van der Waals surface area (Å²) in [4.78, 5) is 5.29. The van der Waals surface area contributed by atoms with Crippen LogP contribution in [-0.4, -0.2) is 4.98 Å². The summed E-state index contributed by atoms with van der Waals surface area (Å²) < 4.78 is 1.22. The summed E-state index contributed by atoms with van der Waals surface area (Å²) in [5.74, 6) is 0. The molecule has 226 valence electrons. The van der Waals surface area contributed by atoms with E-state index in [1.807, 2.05) is 0 Å². The Morgan fingerprint density at radius 3 is 2.27 bits per heavy atom. The highest BCUT2D eigenvalue weighted by atomic mass is 32.1.